The van der Waals surface area contributed by atoms with Crippen molar-refractivity contribution in [3.05, 3.63) is 93.9 Å². The molecule has 1 aromatic heterocycles. The maximum Gasteiger partial charge on any atom is 0.274 e. The van der Waals surface area contributed by atoms with Crippen LogP contribution < -0.4 is 31.0 Å². The minimum Gasteiger partial charge on any atom is -0.454 e. The lowest BCUT2D eigenvalue weighted by Gasteiger charge is -2.27. The summed E-state index contributed by atoms with van der Waals surface area (Å²) in [6.45, 7) is 2.88. The highest BCUT2D eigenvalue weighted by atomic mass is 16.7. The summed E-state index contributed by atoms with van der Waals surface area (Å²) in [7, 11) is 1.63. The summed E-state index contributed by atoms with van der Waals surface area (Å²) in [6.07, 6.45) is 1.70. The number of amides is 3. The Balaban J connectivity index is 1.28. The Labute approximate surface area is 269 Å². The number of carbonyl (C=O) groups excluding carboxylic acids is 3. The fraction of sp³-hybridized carbons (Fsp3) is 0.235. The molecular formula is C34H33N5O8. The van der Waals surface area contributed by atoms with Crippen LogP contribution in [0.5, 0.6) is 11.5 Å². The van der Waals surface area contributed by atoms with Crippen LogP contribution in [0.25, 0.3) is 11.1 Å². The zero-order valence-corrected chi connectivity index (χ0v) is 25.8. The summed E-state index contributed by atoms with van der Waals surface area (Å²) in [5.41, 5.74) is 4.10. The predicted octanol–water partition coefficient (Wildman–Crippen LogP) is 3.49. The van der Waals surface area contributed by atoms with Crippen LogP contribution in [-0.2, 0) is 16.6 Å². The molecule has 3 amide bonds. The Morgan fingerprint density at radius 3 is 2.47 bits per heavy atom. The number of aromatic nitrogens is 1. The van der Waals surface area contributed by atoms with Crippen LogP contribution in [0.2, 0.25) is 0 Å². The lowest BCUT2D eigenvalue weighted by molar-refractivity contribution is -0.118. The molecule has 4 aromatic rings. The van der Waals surface area contributed by atoms with E-state index in [9.17, 15) is 24.3 Å². The van der Waals surface area contributed by atoms with Gasteiger partial charge in [-0.05, 0) is 66.6 Å². The molecule has 0 saturated carbocycles. The van der Waals surface area contributed by atoms with Gasteiger partial charge in [-0.3, -0.25) is 19.2 Å². The molecule has 47 heavy (non-hydrogen) atoms. The summed E-state index contributed by atoms with van der Waals surface area (Å²) in [5.74, 6) is -0.188. The third-order valence-electron chi connectivity index (χ3n) is 7.96. The van der Waals surface area contributed by atoms with Gasteiger partial charge in [0, 0.05) is 48.8 Å². The monoisotopic (exact) mass is 639 g/mol. The third-order valence-corrected chi connectivity index (χ3v) is 7.96. The molecule has 0 spiro atoms. The number of carbonyl (C=O) groups is 3. The van der Waals surface area contributed by atoms with Crippen molar-refractivity contribution in [1.29, 1.82) is 0 Å². The molecule has 0 bridgehead atoms. The fourth-order valence-electron chi connectivity index (χ4n) is 5.46. The molecule has 13 heteroatoms. The SMILES string of the molecule is Cc1c(NC(=O)c2ccc3c(c2)OCO3)cccc1-c1cc(Nc2ccc(C(=O)N3CCOCC3)c(NC(=O)CO)c2)c(=O)n(C)c1. The van der Waals surface area contributed by atoms with Crippen molar-refractivity contribution in [3.63, 3.8) is 0 Å². The van der Waals surface area contributed by atoms with E-state index in [-0.39, 0.29) is 41.1 Å². The Morgan fingerprint density at radius 2 is 1.68 bits per heavy atom. The zero-order valence-electron chi connectivity index (χ0n) is 25.8. The summed E-state index contributed by atoms with van der Waals surface area (Å²) in [4.78, 5) is 53.4. The highest BCUT2D eigenvalue weighted by Crippen LogP contribution is 2.34. The average Bonchev–Trinajstić information content (AvgIpc) is 3.56. The number of pyridine rings is 1. The molecule has 1 saturated heterocycles. The topological polar surface area (TPSA) is 160 Å². The van der Waals surface area contributed by atoms with Crippen molar-refractivity contribution in [2.75, 3.05) is 55.7 Å². The Kier molecular flexibility index (Phi) is 8.91. The largest absolute Gasteiger partial charge is 0.454 e. The number of morpholine rings is 1. The van der Waals surface area contributed by atoms with E-state index >= 15 is 0 Å². The number of ether oxygens (including phenoxy) is 3. The van der Waals surface area contributed by atoms with Gasteiger partial charge in [0.25, 0.3) is 17.4 Å². The van der Waals surface area contributed by atoms with Gasteiger partial charge in [-0.2, -0.15) is 0 Å². The summed E-state index contributed by atoms with van der Waals surface area (Å²) >= 11 is 0. The number of aryl methyl sites for hydroxylation is 1. The third kappa shape index (κ3) is 6.66. The van der Waals surface area contributed by atoms with Gasteiger partial charge in [0.1, 0.15) is 12.3 Å². The number of benzene rings is 3. The molecule has 0 radical (unpaired) electrons. The summed E-state index contributed by atoms with van der Waals surface area (Å²) in [6, 6.07) is 17.0. The average molecular weight is 640 g/mol. The van der Waals surface area contributed by atoms with E-state index < -0.39 is 12.5 Å². The minimum atomic E-state index is -0.763. The number of aliphatic hydroxyl groups excluding tert-OH is 1. The first kappa shape index (κ1) is 31.3. The van der Waals surface area contributed by atoms with E-state index in [4.69, 9.17) is 14.2 Å². The highest BCUT2D eigenvalue weighted by Gasteiger charge is 2.23. The minimum absolute atomic E-state index is 0.110. The van der Waals surface area contributed by atoms with Crippen molar-refractivity contribution in [1.82, 2.24) is 9.47 Å². The Bertz CT molecular complexity index is 1930. The fourth-order valence-corrected chi connectivity index (χ4v) is 5.46. The van der Waals surface area contributed by atoms with Gasteiger partial charge in [-0.25, -0.2) is 0 Å². The maximum atomic E-state index is 13.3. The first-order valence-corrected chi connectivity index (χ1v) is 14.9. The molecule has 3 heterocycles. The van der Waals surface area contributed by atoms with Crippen LogP contribution >= 0.6 is 0 Å². The number of hydrogen-bond acceptors (Lipinski definition) is 9. The van der Waals surface area contributed by atoms with Crippen LogP contribution in [0.15, 0.2) is 71.7 Å². The van der Waals surface area contributed by atoms with Gasteiger partial charge in [-0.1, -0.05) is 12.1 Å². The molecule has 1 fully saturated rings. The van der Waals surface area contributed by atoms with E-state index in [0.717, 1.165) is 11.1 Å². The molecule has 2 aliphatic heterocycles. The predicted molar refractivity (Wildman–Crippen MR) is 175 cm³/mol. The molecule has 6 rings (SSSR count). The molecular weight excluding hydrogens is 606 g/mol. The number of hydrogen-bond donors (Lipinski definition) is 4. The number of aliphatic hydroxyl groups is 1. The first-order valence-electron chi connectivity index (χ1n) is 14.9. The molecule has 4 N–H and O–H groups in total. The van der Waals surface area contributed by atoms with Crippen molar-refractivity contribution < 1.29 is 33.7 Å². The van der Waals surface area contributed by atoms with Crippen molar-refractivity contribution in [2.45, 2.75) is 6.92 Å². The van der Waals surface area contributed by atoms with E-state index in [0.29, 0.717) is 60.3 Å². The molecule has 13 nitrogen and oxygen atoms in total. The zero-order chi connectivity index (χ0) is 33.1. The van der Waals surface area contributed by atoms with Crippen molar-refractivity contribution >= 4 is 40.5 Å². The quantitative estimate of drug-likeness (QED) is 0.226. The Morgan fingerprint density at radius 1 is 0.894 bits per heavy atom. The lowest BCUT2D eigenvalue weighted by Crippen LogP contribution is -2.41. The molecule has 3 aromatic carbocycles. The molecule has 0 unspecified atom stereocenters. The van der Waals surface area contributed by atoms with Crippen LogP contribution in [0, 0.1) is 6.92 Å². The highest BCUT2D eigenvalue weighted by molar-refractivity contribution is 6.06. The standard InChI is InChI=1S/C34H33N5O8/c1-20-24(4-3-5-26(20)37-32(42)21-6-9-29-30(15-21)47-19-46-29)22-14-28(34(44)38(2)17-22)35-23-7-8-25(27(16-23)36-31(41)18-40)33(43)39-10-12-45-13-11-39/h3-9,14-17,35,40H,10-13,18-19H2,1-2H3,(H,36,41)(H,37,42). The maximum absolute atomic E-state index is 13.3. The van der Waals surface area contributed by atoms with Gasteiger partial charge in [0.05, 0.1) is 24.5 Å². The van der Waals surface area contributed by atoms with Gasteiger partial charge in [0.15, 0.2) is 11.5 Å². The van der Waals surface area contributed by atoms with Gasteiger partial charge in [0.2, 0.25) is 12.7 Å². The number of nitrogens with zero attached hydrogens (tertiary/aromatic N) is 2. The number of rotatable bonds is 8. The Hall–Kier alpha value is -5.66. The second-order valence-electron chi connectivity index (χ2n) is 11.1. The van der Waals surface area contributed by atoms with Gasteiger partial charge < -0.3 is 44.7 Å². The number of nitrogens with one attached hydrogen (secondary N) is 3. The second-order valence-corrected chi connectivity index (χ2v) is 11.1. The number of anilines is 4. The van der Waals surface area contributed by atoms with Crippen LogP contribution in [0.1, 0.15) is 26.3 Å². The second kappa shape index (κ2) is 13.4. The van der Waals surface area contributed by atoms with Crippen LogP contribution in [-0.4, -0.2) is 72.0 Å². The smallest absolute Gasteiger partial charge is 0.274 e. The van der Waals surface area contributed by atoms with E-state index in [2.05, 4.69) is 16.0 Å². The van der Waals surface area contributed by atoms with E-state index in [1.54, 1.807) is 66.7 Å². The van der Waals surface area contributed by atoms with Crippen molar-refractivity contribution in [2.24, 2.45) is 7.05 Å². The van der Waals surface area contributed by atoms with Crippen molar-refractivity contribution in [3.8, 4) is 22.6 Å². The first-order chi connectivity index (χ1) is 22.7. The molecule has 242 valence electrons. The summed E-state index contributed by atoms with van der Waals surface area (Å²) in [5, 5.41) is 18.0. The lowest BCUT2D eigenvalue weighted by atomic mass is 9.99. The van der Waals surface area contributed by atoms with Gasteiger partial charge >= 0.3 is 0 Å². The van der Waals surface area contributed by atoms with Crippen LogP contribution in [0.4, 0.5) is 22.7 Å². The van der Waals surface area contributed by atoms with Gasteiger partial charge in [-0.15, -0.1) is 0 Å². The molecule has 2 aliphatic rings. The number of fused-ring (bicyclic) bond motifs is 1. The van der Waals surface area contributed by atoms with E-state index in [1.165, 1.54) is 4.57 Å². The van der Waals surface area contributed by atoms with Crippen LogP contribution in [0.3, 0.4) is 0 Å². The summed E-state index contributed by atoms with van der Waals surface area (Å²) < 4.78 is 17.5. The molecule has 0 atom stereocenters. The normalized spacial score (nSPS) is 13.6. The van der Waals surface area contributed by atoms with E-state index in [1.807, 2.05) is 19.1 Å². The molecule has 0 aliphatic carbocycles.